The molecule has 0 radical (unpaired) electrons. The summed E-state index contributed by atoms with van der Waals surface area (Å²) in [6, 6.07) is 10.7. The van der Waals surface area contributed by atoms with E-state index in [2.05, 4.69) is 15.3 Å². The highest BCUT2D eigenvalue weighted by molar-refractivity contribution is 6.07. The zero-order valence-electron chi connectivity index (χ0n) is 12.6. The van der Waals surface area contributed by atoms with E-state index in [0.29, 0.717) is 22.6 Å². The van der Waals surface area contributed by atoms with E-state index in [1.807, 2.05) is 18.3 Å². The van der Waals surface area contributed by atoms with E-state index in [-0.39, 0.29) is 5.91 Å². The van der Waals surface area contributed by atoms with E-state index in [0.717, 1.165) is 16.5 Å². The van der Waals surface area contributed by atoms with Crippen molar-refractivity contribution in [2.24, 2.45) is 0 Å². The predicted octanol–water partition coefficient (Wildman–Crippen LogP) is 3.66. The SMILES string of the molecule is Nc1cccc(NC(=O)c2cnc3[nH]cc(-c4ccoc4)c3c2)c1. The van der Waals surface area contributed by atoms with Gasteiger partial charge in [0.05, 0.1) is 18.1 Å². The molecule has 4 aromatic rings. The van der Waals surface area contributed by atoms with Crippen molar-refractivity contribution in [3.63, 3.8) is 0 Å². The summed E-state index contributed by atoms with van der Waals surface area (Å²) >= 11 is 0. The quantitative estimate of drug-likeness (QED) is 0.502. The largest absolute Gasteiger partial charge is 0.472 e. The van der Waals surface area contributed by atoms with Crippen molar-refractivity contribution in [2.75, 3.05) is 11.1 Å². The van der Waals surface area contributed by atoms with Gasteiger partial charge in [0.25, 0.3) is 5.91 Å². The van der Waals surface area contributed by atoms with E-state index >= 15 is 0 Å². The van der Waals surface area contributed by atoms with Crippen LogP contribution in [0.3, 0.4) is 0 Å². The van der Waals surface area contributed by atoms with Crippen molar-refractivity contribution in [3.8, 4) is 11.1 Å². The lowest BCUT2D eigenvalue weighted by Gasteiger charge is -2.06. The molecule has 1 aromatic carbocycles. The smallest absolute Gasteiger partial charge is 0.257 e. The Bertz CT molecular complexity index is 1020. The van der Waals surface area contributed by atoms with Crippen LogP contribution in [0.15, 0.2) is 65.7 Å². The van der Waals surface area contributed by atoms with Crippen LogP contribution in [-0.4, -0.2) is 15.9 Å². The van der Waals surface area contributed by atoms with E-state index in [4.69, 9.17) is 10.2 Å². The van der Waals surface area contributed by atoms with Gasteiger partial charge in [0.1, 0.15) is 5.65 Å². The Balaban J connectivity index is 1.69. The third kappa shape index (κ3) is 2.50. The van der Waals surface area contributed by atoms with Crippen molar-refractivity contribution in [2.45, 2.75) is 0 Å². The summed E-state index contributed by atoms with van der Waals surface area (Å²) in [5.41, 5.74) is 10.0. The third-order valence-electron chi connectivity index (χ3n) is 3.77. The first-order valence-corrected chi connectivity index (χ1v) is 7.37. The third-order valence-corrected chi connectivity index (χ3v) is 3.77. The zero-order valence-corrected chi connectivity index (χ0v) is 12.6. The molecule has 118 valence electrons. The first-order valence-electron chi connectivity index (χ1n) is 7.37. The van der Waals surface area contributed by atoms with Gasteiger partial charge in [-0.3, -0.25) is 4.79 Å². The second-order valence-corrected chi connectivity index (χ2v) is 5.41. The van der Waals surface area contributed by atoms with Crippen molar-refractivity contribution < 1.29 is 9.21 Å². The fourth-order valence-electron chi connectivity index (χ4n) is 2.60. The molecule has 0 saturated heterocycles. The first kappa shape index (κ1) is 14.1. The van der Waals surface area contributed by atoms with Crippen molar-refractivity contribution in [3.05, 3.63) is 66.9 Å². The topological polar surface area (TPSA) is 96.9 Å². The Morgan fingerprint density at radius 2 is 2.17 bits per heavy atom. The molecule has 0 unspecified atom stereocenters. The molecular weight excluding hydrogens is 304 g/mol. The Kier molecular flexibility index (Phi) is 3.28. The highest BCUT2D eigenvalue weighted by atomic mass is 16.3. The van der Waals surface area contributed by atoms with E-state index in [1.165, 1.54) is 0 Å². The number of rotatable bonds is 3. The van der Waals surface area contributed by atoms with Gasteiger partial charge in [-0.15, -0.1) is 0 Å². The number of fused-ring (bicyclic) bond motifs is 1. The second-order valence-electron chi connectivity index (χ2n) is 5.41. The summed E-state index contributed by atoms with van der Waals surface area (Å²) in [5.74, 6) is -0.241. The minimum atomic E-state index is -0.241. The predicted molar refractivity (Wildman–Crippen MR) is 92.6 cm³/mol. The summed E-state index contributed by atoms with van der Waals surface area (Å²) in [6.45, 7) is 0. The van der Waals surface area contributed by atoms with Gasteiger partial charge in [-0.1, -0.05) is 6.07 Å². The maximum Gasteiger partial charge on any atom is 0.257 e. The highest BCUT2D eigenvalue weighted by Gasteiger charge is 2.13. The molecular formula is C18H14N4O2. The Hall–Kier alpha value is -3.54. The van der Waals surface area contributed by atoms with Gasteiger partial charge in [0, 0.05) is 40.3 Å². The summed E-state index contributed by atoms with van der Waals surface area (Å²) in [5, 5.41) is 3.68. The number of furan rings is 1. The molecule has 0 aliphatic heterocycles. The van der Waals surface area contributed by atoms with Gasteiger partial charge >= 0.3 is 0 Å². The lowest BCUT2D eigenvalue weighted by Crippen LogP contribution is -2.12. The number of nitrogens with one attached hydrogen (secondary N) is 2. The van der Waals surface area contributed by atoms with Gasteiger partial charge in [-0.05, 0) is 30.3 Å². The number of benzene rings is 1. The van der Waals surface area contributed by atoms with Crippen LogP contribution in [-0.2, 0) is 0 Å². The molecule has 1 amide bonds. The Labute approximate surface area is 137 Å². The normalized spacial score (nSPS) is 10.8. The van der Waals surface area contributed by atoms with Crippen LogP contribution in [0.25, 0.3) is 22.2 Å². The molecule has 4 rings (SSSR count). The van der Waals surface area contributed by atoms with Gasteiger partial charge in [0.2, 0.25) is 0 Å². The average molecular weight is 318 g/mol. The summed E-state index contributed by atoms with van der Waals surface area (Å²) < 4.78 is 5.13. The van der Waals surface area contributed by atoms with Crippen LogP contribution in [0.5, 0.6) is 0 Å². The van der Waals surface area contributed by atoms with Crippen LogP contribution in [0.1, 0.15) is 10.4 Å². The number of aromatic nitrogens is 2. The number of amides is 1. The fourth-order valence-corrected chi connectivity index (χ4v) is 2.60. The van der Waals surface area contributed by atoms with Crippen LogP contribution in [0.4, 0.5) is 11.4 Å². The maximum atomic E-state index is 12.5. The minimum absolute atomic E-state index is 0.241. The molecule has 4 N–H and O–H groups in total. The number of carbonyl (C=O) groups is 1. The van der Waals surface area contributed by atoms with Crippen LogP contribution >= 0.6 is 0 Å². The zero-order chi connectivity index (χ0) is 16.5. The number of nitrogen functional groups attached to an aromatic ring is 1. The number of nitrogens with zero attached hydrogens (tertiary/aromatic N) is 1. The highest BCUT2D eigenvalue weighted by Crippen LogP contribution is 2.28. The number of hydrogen-bond acceptors (Lipinski definition) is 4. The summed E-state index contributed by atoms with van der Waals surface area (Å²) in [7, 11) is 0. The van der Waals surface area contributed by atoms with E-state index < -0.39 is 0 Å². The number of pyridine rings is 1. The second kappa shape index (κ2) is 5.58. The fraction of sp³-hybridized carbons (Fsp3) is 0. The van der Waals surface area contributed by atoms with Gasteiger partial charge in [-0.25, -0.2) is 4.98 Å². The minimum Gasteiger partial charge on any atom is -0.472 e. The standard InChI is InChI=1S/C18H14N4O2/c19-13-2-1-3-14(7-13)22-18(23)12-6-15-16(11-4-5-24-10-11)9-21-17(15)20-8-12/h1-10H,19H2,(H,20,21)(H,22,23). The molecule has 24 heavy (non-hydrogen) atoms. The van der Waals surface area contributed by atoms with Gasteiger partial charge in [0.15, 0.2) is 0 Å². The average Bonchev–Trinajstić information content (AvgIpc) is 3.23. The molecule has 0 aliphatic rings. The number of anilines is 2. The summed E-state index contributed by atoms with van der Waals surface area (Å²) in [6.07, 6.45) is 6.65. The molecule has 3 heterocycles. The maximum absolute atomic E-state index is 12.5. The van der Waals surface area contributed by atoms with Gasteiger partial charge in [-0.2, -0.15) is 0 Å². The Morgan fingerprint density at radius 3 is 2.96 bits per heavy atom. The molecule has 0 spiro atoms. The number of nitrogens with two attached hydrogens (primary N) is 1. The number of H-pyrrole nitrogens is 1. The van der Waals surface area contributed by atoms with Crippen LogP contribution in [0.2, 0.25) is 0 Å². The first-order chi connectivity index (χ1) is 11.7. The molecule has 6 heteroatoms. The molecule has 0 atom stereocenters. The summed E-state index contributed by atoms with van der Waals surface area (Å²) in [4.78, 5) is 19.9. The van der Waals surface area contributed by atoms with Crippen molar-refractivity contribution in [1.29, 1.82) is 0 Å². The van der Waals surface area contributed by atoms with Crippen LogP contribution < -0.4 is 11.1 Å². The molecule has 0 bridgehead atoms. The number of carbonyl (C=O) groups excluding carboxylic acids is 1. The molecule has 3 aromatic heterocycles. The van der Waals surface area contributed by atoms with E-state index in [9.17, 15) is 4.79 Å². The monoisotopic (exact) mass is 318 g/mol. The molecule has 0 saturated carbocycles. The number of hydrogen-bond donors (Lipinski definition) is 3. The molecule has 0 aliphatic carbocycles. The lowest BCUT2D eigenvalue weighted by molar-refractivity contribution is 0.102. The lowest BCUT2D eigenvalue weighted by atomic mass is 10.1. The van der Waals surface area contributed by atoms with Gasteiger partial charge < -0.3 is 20.5 Å². The van der Waals surface area contributed by atoms with E-state index in [1.54, 1.807) is 43.0 Å². The number of aromatic amines is 1. The van der Waals surface area contributed by atoms with Crippen molar-refractivity contribution >= 4 is 28.3 Å². The van der Waals surface area contributed by atoms with Crippen molar-refractivity contribution in [1.82, 2.24) is 9.97 Å². The molecule has 0 fully saturated rings. The van der Waals surface area contributed by atoms with Crippen LogP contribution in [0, 0.1) is 0 Å². The molecule has 6 nitrogen and oxygen atoms in total. The Morgan fingerprint density at radius 1 is 1.25 bits per heavy atom.